The predicted molar refractivity (Wildman–Crippen MR) is 102 cm³/mol. The van der Waals surface area contributed by atoms with Gasteiger partial charge in [0.05, 0.1) is 12.1 Å². The van der Waals surface area contributed by atoms with Crippen molar-refractivity contribution < 1.29 is 4.79 Å². The molecule has 1 aromatic carbocycles. The summed E-state index contributed by atoms with van der Waals surface area (Å²) in [5.74, 6) is 1.03. The Morgan fingerprint density at radius 1 is 1.19 bits per heavy atom. The van der Waals surface area contributed by atoms with E-state index < -0.39 is 11.9 Å². The van der Waals surface area contributed by atoms with Crippen molar-refractivity contribution in [2.45, 2.75) is 33.2 Å². The standard InChI is InChI=1S/C19H19N5OS/c1-10-11(2)26-19-16(10)17(13-7-5-4-6-8-13)21-14(9-15(20)25)18-23-22-12(3)24(18)19/h4-8,14H,9H2,1-3H3,(H2,20,25). The van der Waals surface area contributed by atoms with Crippen LogP contribution in [0.15, 0.2) is 35.3 Å². The SMILES string of the molecule is Cc1sc2c(c1C)C(c1ccccc1)=NC(CC(N)=O)c1nnc(C)n1-2. The molecule has 7 heteroatoms. The molecular formula is C19H19N5OS. The number of aryl methyl sites for hydroxylation is 2. The minimum Gasteiger partial charge on any atom is -0.370 e. The van der Waals surface area contributed by atoms with E-state index in [1.807, 2.05) is 41.8 Å². The molecular weight excluding hydrogens is 346 g/mol. The van der Waals surface area contributed by atoms with E-state index in [2.05, 4.69) is 24.0 Å². The fourth-order valence-electron chi connectivity index (χ4n) is 3.31. The molecule has 1 amide bonds. The van der Waals surface area contributed by atoms with Gasteiger partial charge in [-0.15, -0.1) is 21.5 Å². The van der Waals surface area contributed by atoms with Gasteiger partial charge in [-0.2, -0.15) is 0 Å². The van der Waals surface area contributed by atoms with Crippen molar-refractivity contribution in [3.05, 3.63) is 63.5 Å². The molecule has 0 saturated carbocycles. The number of carbonyl (C=O) groups is 1. The number of aromatic nitrogens is 3. The number of nitrogens with two attached hydrogens (primary N) is 1. The lowest BCUT2D eigenvalue weighted by Gasteiger charge is -2.10. The van der Waals surface area contributed by atoms with Crippen LogP contribution < -0.4 is 5.73 Å². The Bertz CT molecular complexity index is 1030. The Morgan fingerprint density at radius 3 is 2.62 bits per heavy atom. The van der Waals surface area contributed by atoms with Crippen molar-refractivity contribution in [1.29, 1.82) is 0 Å². The maximum Gasteiger partial charge on any atom is 0.220 e. The summed E-state index contributed by atoms with van der Waals surface area (Å²) in [7, 11) is 0. The number of hydrogen-bond donors (Lipinski definition) is 1. The van der Waals surface area contributed by atoms with E-state index in [4.69, 9.17) is 10.7 Å². The number of thiophene rings is 1. The van der Waals surface area contributed by atoms with Crippen molar-refractivity contribution in [2.75, 3.05) is 0 Å². The maximum atomic E-state index is 11.7. The molecule has 3 aromatic rings. The normalized spacial score (nSPS) is 15.8. The highest BCUT2D eigenvalue weighted by Gasteiger charge is 2.31. The van der Waals surface area contributed by atoms with Gasteiger partial charge in [-0.1, -0.05) is 30.3 Å². The number of amides is 1. The van der Waals surface area contributed by atoms with Crippen molar-refractivity contribution in [3.63, 3.8) is 0 Å². The largest absolute Gasteiger partial charge is 0.370 e. The third-order valence-electron chi connectivity index (χ3n) is 4.68. The van der Waals surface area contributed by atoms with E-state index in [1.165, 1.54) is 10.4 Å². The molecule has 1 unspecified atom stereocenters. The summed E-state index contributed by atoms with van der Waals surface area (Å²) in [5, 5.41) is 9.60. The summed E-state index contributed by atoms with van der Waals surface area (Å²) in [5.41, 5.74) is 9.65. The van der Waals surface area contributed by atoms with Crippen LogP contribution in [0.25, 0.3) is 5.00 Å². The first-order valence-electron chi connectivity index (χ1n) is 8.41. The zero-order valence-electron chi connectivity index (χ0n) is 14.9. The summed E-state index contributed by atoms with van der Waals surface area (Å²) in [6.45, 7) is 6.13. The molecule has 4 rings (SSSR count). The molecule has 6 nitrogen and oxygen atoms in total. The van der Waals surface area contributed by atoms with Crippen LogP contribution in [0.5, 0.6) is 0 Å². The van der Waals surface area contributed by atoms with E-state index in [-0.39, 0.29) is 6.42 Å². The quantitative estimate of drug-likeness (QED) is 0.774. The van der Waals surface area contributed by atoms with Crippen LogP contribution in [0, 0.1) is 20.8 Å². The molecule has 132 valence electrons. The molecule has 0 saturated heterocycles. The third-order valence-corrected chi connectivity index (χ3v) is 5.87. The van der Waals surface area contributed by atoms with E-state index in [9.17, 15) is 4.79 Å². The molecule has 3 heterocycles. The first-order chi connectivity index (χ1) is 12.5. The summed E-state index contributed by atoms with van der Waals surface area (Å²) in [6, 6.07) is 9.58. The number of fused-ring (bicyclic) bond motifs is 3. The number of aliphatic imine (C=N–C) groups is 1. The van der Waals surface area contributed by atoms with Crippen molar-refractivity contribution in [2.24, 2.45) is 10.7 Å². The zero-order valence-corrected chi connectivity index (χ0v) is 15.7. The van der Waals surface area contributed by atoms with Gasteiger partial charge in [0.1, 0.15) is 16.9 Å². The number of nitrogens with zero attached hydrogens (tertiary/aromatic N) is 4. The fraction of sp³-hybridized carbons (Fsp3) is 0.263. The minimum absolute atomic E-state index is 0.0986. The molecule has 0 radical (unpaired) electrons. The number of rotatable bonds is 3. The number of carbonyl (C=O) groups excluding carboxylic acids is 1. The number of primary amides is 1. The first-order valence-corrected chi connectivity index (χ1v) is 9.23. The van der Waals surface area contributed by atoms with Gasteiger partial charge < -0.3 is 5.73 Å². The molecule has 1 atom stereocenters. The summed E-state index contributed by atoms with van der Waals surface area (Å²) < 4.78 is 2.02. The van der Waals surface area contributed by atoms with Crippen molar-refractivity contribution >= 4 is 23.0 Å². The lowest BCUT2D eigenvalue weighted by Crippen LogP contribution is -2.17. The minimum atomic E-state index is -0.455. The molecule has 2 aromatic heterocycles. The maximum absolute atomic E-state index is 11.7. The van der Waals surface area contributed by atoms with E-state index in [0.29, 0.717) is 5.82 Å². The van der Waals surface area contributed by atoms with Gasteiger partial charge in [0.15, 0.2) is 5.82 Å². The second kappa shape index (κ2) is 6.17. The zero-order chi connectivity index (χ0) is 18.4. The molecule has 1 aliphatic heterocycles. The Labute approximate surface area is 155 Å². The average Bonchev–Trinajstić information content (AvgIpc) is 3.08. The molecule has 1 aliphatic rings. The van der Waals surface area contributed by atoms with Crippen LogP contribution >= 0.6 is 11.3 Å². The van der Waals surface area contributed by atoms with Crippen molar-refractivity contribution in [3.8, 4) is 5.00 Å². The Kier molecular flexibility index (Phi) is 3.96. The monoisotopic (exact) mass is 365 g/mol. The number of benzene rings is 1. The molecule has 0 aliphatic carbocycles. The van der Waals surface area contributed by atoms with E-state index in [0.717, 1.165) is 27.7 Å². The van der Waals surface area contributed by atoms with Gasteiger partial charge in [-0.3, -0.25) is 14.4 Å². The highest BCUT2D eigenvalue weighted by atomic mass is 32.1. The van der Waals surface area contributed by atoms with E-state index in [1.54, 1.807) is 11.3 Å². The topological polar surface area (TPSA) is 86.2 Å². The molecule has 0 spiro atoms. The van der Waals surface area contributed by atoms with E-state index >= 15 is 0 Å². The molecule has 2 N–H and O–H groups in total. The summed E-state index contributed by atoms with van der Waals surface area (Å²) in [6.07, 6.45) is 0.0986. The van der Waals surface area contributed by atoms with Gasteiger partial charge in [-0.25, -0.2) is 0 Å². The highest BCUT2D eigenvalue weighted by Crippen LogP contribution is 2.39. The van der Waals surface area contributed by atoms with Crippen LogP contribution in [0.4, 0.5) is 0 Å². The Morgan fingerprint density at radius 2 is 1.92 bits per heavy atom. The fourth-order valence-corrected chi connectivity index (χ4v) is 4.53. The lowest BCUT2D eigenvalue weighted by molar-refractivity contribution is -0.118. The second-order valence-corrected chi connectivity index (χ2v) is 7.64. The van der Waals surface area contributed by atoms with Gasteiger partial charge in [0, 0.05) is 16.0 Å². The van der Waals surface area contributed by atoms with Gasteiger partial charge in [0.25, 0.3) is 0 Å². The lowest BCUT2D eigenvalue weighted by atomic mass is 10.00. The van der Waals surface area contributed by atoms with Crippen molar-refractivity contribution in [1.82, 2.24) is 14.8 Å². The van der Waals surface area contributed by atoms with Crippen LogP contribution in [-0.4, -0.2) is 26.4 Å². The second-order valence-electron chi connectivity index (χ2n) is 6.43. The molecule has 0 bridgehead atoms. The third kappa shape index (κ3) is 2.55. The average molecular weight is 365 g/mol. The first kappa shape index (κ1) is 16.7. The summed E-state index contributed by atoms with van der Waals surface area (Å²) >= 11 is 1.70. The summed E-state index contributed by atoms with van der Waals surface area (Å²) in [4.78, 5) is 17.9. The van der Waals surface area contributed by atoms with Gasteiger partial charge in [0.2, 0.25) is 5.91 Å². The van der Waals surface area contributed by atoms with Crippen LogP contribution in [0.1, 0.15) is 45.7 Å². The Balaban J connectivity index is 2.05. The Hall–Kier alpha value is -2.80. The highest BCUT2D eigenvalue weighted by molar-refractivity contribution is 7.15. The van der Waals surface area contributed by atoms with Crippen LogP contribution in [0.3, 0.4) is 0 Å². The smallest absolute Gasteiger partial charge is 0.220 e. The van der Waals surface area contributed by atoms with Crippen LogP contribution in [0.2, 0.25) is 0 Å². The predicted octanol–water partition coefficient (Wildman–Crippen LogP) is 3.02. The van der Waals surface area contributed by atoms with Gasteiger partial charge >= 0.3 is 0 Å². The molecule has 0 fully saturated rings. The van der Waals surface area contributed by atoms with Crippen LogP contribution in [-0.2, 0) is 4.79 Å². The molecule has 26 heavy (non-hydrogen) atoms. The number of hydrogen-bond acceptors (Lipinski definition) is 5. The van der Waals surface area contributed by atoms with Gasteiger partial charge in [-0.05, 0) is 26.3 Å².